The maximum atomic E-state index is 11.4. The number of quaternary nitrogens is 1. The number of hydrogen-bond acceptors (Lipinski definition) is 2. The monoisotopic (exact) mass is 228 g/mol. The summed E-state index contributed by atoms with van der Waals surface area (Å²) in [4.78, 5) is 0. The Morgan fingerprint density at radius 1 is 1.40 bits per heavy atom. The molecule has 82 valence electrons. The highest BCUT2D eigenvalue weighted by molar-refractivity contribution is 7.85. The molecule has 1 aromatic carbocycles. The lowest BCUT2D eigenvalue weighted by molar-refractivity contribution is 0.388. The molecule has 0 spiro atoms. The zero-order valence-electron chi connectivity index (χ0n) is 8.71. The zero-order valence-corrected chi connectivity index (χ0v) is 9.53. The quantitative estimate of drug-likeness (QED) is 0.586. The largest absolute Gasteiger partial charge is 0.437 e. The molecule has 2 rings (SSSR count). The standard InChI is InChI=1S/C10H13NO3S/c1-8-7-11(2,15(12,13)14)10-6-4-3-5-9(8)10/h3-6,8H,7H2,1-2H3/p+1. The molecule has 1 aliphatic rings. The number of hydrogen-bond donors (Lipinski definition) is 1. The zero-order chi connectivity index (χ0) is 11.3. The van der Waals surface area contributed by atoms with Crippen molar-refractivity contribution in [3.05, 3.63) is 29.8 Å². The highest BCUT2D eigenvalue weighted by Crippen LogP contribution is 2.41. The van der Waals surface area contributed by atoms with Crippen LogP contribution in [0.5, 0.6) is 0 Å². The minimum absolute atomic E-state index is 0.146. The highest BCUT2D eigenvalue weighted by atomic mass is 32.2. The van der Waals surface area contributed by atoms with E-state index in [1.165, 1.54) is 7.05 Å². The molecular weight excluding hydrogens is 214 g/mol. The number of likely N-dealkylation sites (N-methyl/N-ethyl adjacent to an activating group) is 1. The number of rotatable bonds is 1. The van der Waals surface area contributed by atoms with Crippen LogP contribution in [0.2, 0.25) is 0 Å². The Labute approximate surface area is 89.6 Å². The predicted molar refractivity (Wildman–Crippen MR) is 59.0 cm³/mol. The van der Waals surface area contributed by atoms with E-state index in [1.54, 1.807) is 12.1 Å². The van der Waals surface area contributed by atoms with E-state index in [-0.39, 0.29) is 5.92 Å². The molecule has 0 fully saturated rings. The second-order valence-corrected chi connectivity index (χ2v) is 5.89. The SMILES string of the molecule is CC1C[N+](C)(S(=O)(=O)O)c2ccccc21. The Kier molecular flexibility index (Phi) is 2.15. The molecule has 15 heavy (non-hydrogen) atoms. The first-order valence-corrected chi connectivity index (χ1v) is 6.18. The van der Waals surface area contributed by atoms with Crippen LogP contribution in [0, 0.1) is 0 Å². The Morgan fingerprint density at radius 2 is 2.00 bits per heavy atom. The van der Waals surface area contributed by atoms with Crippen molar-refractivity contribution in [2.24, 2.45) is 0 Å². The third-order valence-corrected chi connectivity index (χ3v) is 4.47. The normalized spacial score (nSPS) is 30.2. The van der Waals surface area contributed by atoms with Gasteiger partial charge >= 0.3 is 10.3 Å². The minimum atomic E-state index is -4.11. The second-order valence-electron chi connectivity index (χ2n) is 4.19. The minimum Gasteiger partial charge on any atom is -0.241 e. The van der Waals surface area contributed by atoms with Crippen molar-refractivity contribution in [1.29, 1.82) is 0 Å². The van der Waals surface area contributed by atoms with Crippen LogP contribution in [-0.4, -0.2) is 26.6 Å². The van der Waals surface area contributed by atoms with Gasteiger partial charge in [-0.3, -0.25) is 0 Å². The van der Waals surface area contributed by atoms with E-state index in [0.29, 0.717) is 12.2 Å². The molecule has 0 radical (unpaired) electrons. The van der Waals surface area contributed by atoms with E-state index in [2.05, 4.69) is 0 Å². The van der Waals surface area contributed by atoms with Crippen LogP contribution in [0.4, 0.5) is 5.69 Å². The first-order chi connectivity index (χ1) is 6.86. The molecule has 0 aliphatic carbocycles. The van der Waals surface area contributed by atoms with Gasteiger partial charge < -0.3 is 0 Å². The average molecular weight is 228 g/mol. The first kappa shape index (κ1) is 10.6. The third-order valence-electron chi connectivity index (χ3n) is 3.11. The van der Waals surface area contributed by atoms with Gasteiger partial charge in [0.05, 0.1) is 7.05 Å². The summed E-state index contributed by atoms with van der Waals surface area (Å²) < 4.78 is 31.7. The number of para-hydroxylation sites is 1. The maximum absolute atomic E-state index is 11.4. The molecule has 0 amide bonds. The molecule has 0 saturated carbocycles. The predicted octanol–water partition coefficient (Wildman–Crippen LogP) is 1.54. The van der Waals surface area contributed by atoms with Crippen molar-refractivity contribution < 1.29 is 13.0 Å². The maximum Gasteiger partial charge on any atom is 0.437 e. The van der Waals surface area contributed by atoms with E-state index in [4.69, 9.17) is 0 Å². The molecular formula is C10H14NO3S+. The molecule has 2 unspecified atom stereocenters. The summed E-state index contributed by atoms with van der Waals surface area (Å²) in [5.41, 5.74) is 1.67. The van der Waals surface area contributed by atoms with Crippen LogP contribution in [0.15, 0.2) is 24.3 Å². The number of nitrogens with zero attached hydrogens (tertiary/aromatic N) is 1. The fourth-order valence-corrected chi connectivity index (χ4v) is 3.10. The molecule has 1 heterocycles. The lowest BCUT2D eigenvalue weighted by Crippen LogP contribution is -2.48. The third kappa shape index (κ3) is 1.39. The average Bonchev–Trinajstić information content (AvgIpc) is 2.41. The van der Waals surface area contributed by atoms with Crippen molar-refractivity contribution >= 4 is 16.0 Å². The van der Waals surface area contributed by atoms with Crippen molar-refractivity contribution in [2.75, 3.05) is 13.6 Å². The van der Waals surface area contributed by atoms with E-state index >= 15 is 0 Å². The summed E-state index contributed by atoms with van der Waals surface area (Å²) in [6, 6.07) is 7.34. The molecule has 1 aliphatic heterocycles. The van der Waals surface area contributed by atoms with Gasteiger partial charge in [0.25, 0.3) is 0 Å². The number of fused-ring (bicyclic) bond motifs is 1. The van der Waals surface area contributed by atoms with Gasteiger partial charge in [-0.15, -0.1) is 8.42 Å². The Balaban J connectivity index is 2.68. The lowest BCUT2D eigenvalue weighted by atomic mass is 10.0. The molecule has 0 bridgehead atoms. The molecule has 2 atom stereocenters. The fraction of sp³-hybridized carbons (Fsp3) is 0.400. The first-order valence-electron chi connectivity index (χ1n) is 4.79. The highest BCUT2D eigenvalue weighted by Gasteiger charge is 2.47. The topological polar surface area (TPSA) is 54.4 Å². The van der Waals surface area contributed by atoms with E-state index in [9.17, 15) is 13.0 Å². The van der Waals surface area contributed by atoms with E-state index in [1.807, 2.05) is 19.1 Å². The van der Waals surface area contributed by atoms with Crippen molar-refractivity contribution in [2.45, 2.75) is 12.8 Å². The van der Waals surface area contributed by atoms with E-state index < -0.39 is 14.2 Å². The van der Waals surface area contributed by atoms with Crippen molar-refractivity contribution in [3.8, 4) is 0 Å². The van der Waals surface area contributed by atoms with Crippen LogP contribution in [-0.2, 0) is 10.3 Å². The van der Waals surface area contributed by atoms with Gasteiger partial charge in [-0.1, -0.05) is 25.1 Å². The molecule has 0 saturated heterocycles. The summed E-state index contributed by atoms with van der Waals surface area (Å²) in [6.45, 7) is 2.35. The van der Waals surface area contributed by atoms with E-state index in [0.717, 1.165) is 5.56 Å². The second kappa shape index (κ2) is 3.04. The summed E-state index contributed by atoms with van der Waals surface area (Å²) in [6.07, 6.45) is 0. The van der Waals surface area contributed by atoms with Gasteiger partial charge in [0, 0.05) is 17.5 Å². The Hall–Kier alpha value is -0.910. The van der Waals surface area contributed by atoms with Gasteiger partial charge in [-0.05, 0) is 0 Å². The lowest BCUT2D eigenvalue weighted by Gasteiger charge is -2.24. The molecule has 5 heteroatoms. The summed E-state index contributed by atoms with van der Waals surface area (Å²) in [5.74, 6) is 0.146. The summed E-state index contributed by atoms with van der Waals surface area (Å²) in [7, 11) is -2.59. The van der Waals surface area contributed by atoms with Gasteiger partial charge in [-0.25, -0.2) is 4.55 Å². The van der Waals surface area contributed by atoms with Gasteiger partial charge in [0.1, 0.15) is 6.54 Å². The van der Waals surface area contributed by atoms with Crippen LogP contribution in [0.3, 0.4) is 0 Å². The molecule has 1 aromatic rings. The van der Waals surface area contributed by atoms with Crippen LogP contribution >= 0.6 is 0 Å². The Bertz CT molecular complexity index is 497. The van der Waals surface area contributed by atoms with Gasteiger partial charge in [0.15, 0.2) is 5.69 Å². The fourth-order valence-electron chi connectivity index (χ4n) is 2.27. The molecule has 0 aromatic heterocycles. The van der Waals surface area contributed by atoms with Crippen molar-refractivity contribution in [3.63, 3.8) is 0 Å². The van der Waals surface area contributed by atoms with Crippen LogP contribution in [0.1, 0.15) is 18.4 Å². The Morgan fingerprint density at radius 3 is 2.60 bits per heavy atom. The smallest absolute Gasteiger partial charge is 0.241 e. The summed E-state index contributed by atoms with van der Waals surface area (Å²) in [5, 5.41) is 0. The van der Waals surface area contributed by atoms with Gasteiger partial charge in [0.2, 0.25) is 0 Å². The molecule has 1 N–H and O–H groups in total. The van der Waals surface area contributed by atoms with Crippen LogP contribution in [0.25, 0.3) is 0 Å². The van der Waals surface area contributed by atoms with Crippen LogP contribution < -0.4 is 3.89 Å². The van der Waals surface area contributed by atoms with Crippen molar-refractivity contribution in [1.82, 2.24) is 3.89 Å². The van der Waals surface area contributed by atoms with Gasteiger partial charge in [-0.2, -0.15) is 3.89 Å². The summed E-state index contributed by atoms with van der Waals surface area (Å²) >= 11 is 0. The molecule has 4 nitrogen and oxygen atoms in total. The number of benzene rings is 1.